The predicted molar refractivity (Wildman–Crippen MR) is 115 cm³/mol. The highest BCUT2D eigenvalue weighted by molar-refractivity contribution is 5.94. The second kappa shape index (κ2) is 10.2. The third-order valence-electron chi connectivity index (χ3n) is 5.27. The molecule has 0 aromatic carbocycles. The lowest BCUT2D eigenvalue weighted by Gasteiger charge is -2.37. The number of amides is 1. The Bertz CT molecular complexity index is 977. The Kier molecular flexibility index (Phi) is 8.83. The van der Waals surface area contributed by atoms with Gasteiger partial charge in [0, 0.05) is 33.2 Å². The number of carbonyl (C=O) groups is 1. The first kappa shape index (κ1) is 25.1. The van der Waals surface area contributed by atoms with Crippen LogP contribution in [0.2, 0.25) is 0 Å². The van der Waals surface area contributed by atoms with Gasteiger partial charge < -0.3 is 15.4 Å². The normalized spacial score (nSPS) is 15.3. The number of aromatic nitrogens is 3. The maximum atomic E-state index is 12.6. The molecule has 0 aliphatic carbocycles. The van der Waals surface area contributed by atoms with E-state index in [2.05, 4.69) is 15.6 Å². The van der Waals surface area contributed by atoms with Gasteiger partial charge in [-0.05, 0) is 38.1 Å². The lowest BCUT2D eigenvalue weighted by molar-refractivity contribution is 0.0511. The number of halogens is 2. The van der Waals surface area contributed by atoms with Crippen LogP contribution in [0.25, 0.3) is 11.0 Å². The van der Waals surface area contributed by atoms with E-state index < -0.39 is 11.2 Å². The van der Waals surface area contributed by atoms with Crippen molar-refractivity contribution < 1.29 is 9.53 Å². The van der Waals surface area contributed by atoms with E-state index in [4.69, 9.17) is 4.74 Å². The summed E-state index contributed by atoms with van der Waals surface area (Å²) in [4.78, 5) is 41.2. The minimum absolute atomic E-state index is 0. The summed E-state index contributed by atoms with van der Waals surface area (Å²) in [6, 6.07) is 3.05. The molecule has 0 saturated carbocycles. The van der Waals surface area contributed by atoms with Crippen LogP contribution < -0.4 is 21.9 Å². The maximum absolute atomic E-state index is 12.6. The molecule has 9 nitrogen and oxygen atoms in total. The summed E-state index contributed by atoms with van der Waals surface area (Å²) >= 11 is 0. The lowest BCUT2D eigenvalue weighted by atomic mass is 9.79. The van der Waals surface area contributed by atoms with Crippen LogP contribution in [0.15, 0.2) is 21.7 Å². The molecule has 1 amide bonds. The number of fused-ring (bicyclic) bond motifs is 1. The van der Waals surface area contributed by atoms with Gasteiger partial charge in [-0.15, -0.1) is 24.8 Å². The van der Waals surface area contributed by atoms with Gasteiger partial charge >= 0.3 is 5.69 Å². The van der Waals surface area contributed by atoms with Crippen molar-refractivity contribution in [1.82, 2.24) is 24.8 Å². The van der Waals surface area contributed by atoms with Crippen LogP contribution in [0.5, 0.6) is 0 Å². The summed E-state index contributed by atoms with van der Waals surface area (Å²) in [6.07, 6.45) is 1.83. The third-order valence-corrected chi connectivity index (χ3v) is 5.27. The number of methoxy groups -OCH3 is 1. The van der Waals surface area contributed by atoms with Gasteiger partial charge in [0.05, 0.1) is 12.0 Å². The summed E-state index contributed by atoms with van der Waals surface area (Å²) < 4.78 is 7.66. The number of carbonyl (C=O) groups excluding carboxylic acids is 1. The monoisotopic (exact) mass is 447 g/mol. The molecular formula is C18H27Cl2N5O4. The molecule has 0 spiro atoms. The van der Waals surface area contributed by atoms with Crippen molar-refractivity contribution in [3.63, 3.8) is 0 Å². The van der Waals surface area contributed by atoms with Gasteiger partial charge in [-0.2, -0.15) is 0 Å². The SMILES string of the molecule is COCC1(CNC(=O)c2ccc3c(=O)n(C)c(=O)n(C)c3n2)CCNCC1.Cl.Cl. The molecule has 3 rings (SSSR count). The van der Waals surface area contributed by atoms with Gasteiger partial charge in [-0.1, -0.05) is 0 Å². The topological polar surface area (TPSA) is 107 Å². The average Bonchev–Trinajstić information content (AvgIpc) is 2.69. The first-order chi connectivity index (χ1) is 12.9. The van der Waals surface area contributed by atoms with E-state index in [0.717, 1.165) is 30.5 Å². The number of hydrogen-bond donors (Lipinski definition) is 2. The van der Waals surface area contributed by atoms with E-state index in [0.29, 0.717) is 18.5 Å². The number of ether oxygens (including phenoxy) is 1. The fourth-order valence-corrected chi connectivity index (χ4v) is 3.57. The fraction of sp³-hybridized carbons (Fsp3) is 0.556. The Labute approximate surface area is 180 Å². The van der Waals surface area contributed by atoms with E-state index in [1.165, 1.54) is 30.8 Å². The van der Waals surface area contributed by atoms with Crippen molar-refractivity contribution >= 4 is 41.8 Å². The van der Waals surface area contributed by atoms with Crippen molar-refractivity contribution in [2.75, 3.05) is 33.4 Å². The van der Waals surface area contributed by atoms with E-state index in [9.17, 15) is 14.4 Å². The first-order valence-electron chi connectivity index (χ1n) is 8.93. The molecule has 1 saturated heterocycles. The van der Waals surface area contributed by atoms with Crippen molar-refractivity contribution in [3.05, 3.63) is 38.7 Å². The Hall–Kier alpha value is -1.94. The summed E-state index contributed by atoms with van der Waals surface area (Å²) in [5.74, 6) is -0.334. The molecule has 0 unspecified atom stereocenters. The first-order valence-corrected chi connectivity index (χ1v) is 8.93. The highest BCUT2D eigenvalue weighted by Gasteiger charge is 2.32. The molecule has 1 aliphatic rings. The number of pyridine rings is 1. The average molecular weight is 448 g/mol. The number of aryl methyl sites for hydroxylation is 1. The minimum Gasteiger partial charge on any atom is -0.384 e. The van der Waals surface area contributed by atoms with Gasteiger partial charge in [-0.25, -0.2) is 9.78 Å². The quantitative estimate of drug-likeness (QED) is 0.678. The van der Waals surface area contributed by atoms with Crippen molar-refractivity contribution in [3.8, 4) is 0 Å². The fourth-order valence-electron chi connectivity index (χ4n) is 3.57. The Morgan fingerprint density at radius 1 is 1.21 bits per heavy atom. The van der Waals surface area contributed by atoms with E-state index >= 15 is 0 Å². The minimum atomic E-state index is -0.480. The molecule has 2 aromatic rings. The predicted octanol–water partition coefficient (Wildman–Crippen LogP) is 0.222. The zero-order valence-corrected chi connectivity index (χ0v) is 18.3. The van der Waals surface area contributed by atoms with Crippen LogP contribution in [0.3, 0.4) is 0 Å². The molecule has 2 aromatic heterocycles. The number of piperidine rings is 1. The number of nitrogens with one attached hydrogen (secondary N) is 2. The largest absolute Gasteiger partial charge is 0.384 e. The van der Waals surface area contributed by atoms with Crippen molar-refractivity contribution in [2.45, 2.75) is 12.8 Å². The Morgan fingerprint density at radius 3 is 2.48 bits per heavy atom. The summed E-state index contributed by atoms with van der Waals surface area (Å²) in [5.41, 5.74) is -0.640. The second-order valence-corrected chi connectivity index (χ2v) is 7.14. The molecule has 0 atom stereocenters. The molecule has 0 radical (unpaired) electrons. The molecule has 29 heavy (non-hydrogen) atoms. The van der Waals surface area contributed by atoms with E-state index in [1.807, 2.05) is 0 Å². The van der Waals surface area contributed by atoms with Crippen LogP contribution in [0, 0.1) is 5.41 Å². The van der Waals surface area contributed by atoms with Gasteiger partial charge in [0.15, 0.2) is 0 Å². The summed E-state index contributed by atoms with van der Waals surface area (Å²) in [7, 11) is 4.61. The zero-order chi connectivity index (χ0) is 19.6. The molecule has 1 fully saturated rings. The van der Waals surface area contributed by atoms with Crippen LogP contribution in [-0.2, 0) is 18.8 Å². The van der Waals surface area contributed by atoms with E-state index in [-0.39, 0.29) is 47.5 Å². The highest BCUT2D eigenvalue weighted by atomic mass is 35.5. The standard InChI is InChI=1S/C18H25N5O4.2ClH/c1-22-14-12(16(25)23(2)17(22)26)4-5-13(21-14)15(24)20-10-18(11-27-3)6-8-19-9-7-18;;/h4-5,19H,6-11H2,1-3H3,(H,20,24);2*1H. The molecule has 2 N–H and O–H groups in total. The van der Waals surface area contributed by atoms with Crippen molar-refractivity contribution in [2.24, 2.45) is 19.5 Å². The molecule has 11 heteroatoms. The Balaban J connectivity index is 0.00000210. The van der Waals surface area contributed by atoms with Crippen molar-refractivity contribution in [1.29, 1.82) is 0 Å². The Morgan fingerprint density at radius 2 is 1.86 bits per heavy atom. The zero-order valence-electron chi connectivity index (χ0n) is 16.7. The number of rotatable bonds is 5. The molecule has 3 heterocycles. The molecular weight excluding hydrogens is 421 g/mol. The van der Waals surface area contributed by atoms with E-state index in [1.54, 1.807) is 7.11 Å². The smallest absolute Gasteiger partial charge is 0.332 e. The molecule has 1 aliphatic heterocycles. The van der Waals surface area contributed by atoms with Gasteiger partial charge in [0.25, 0.3) is 11.5 Å². The lowest BCUT2D eigenvalue weighted by Crippen LogP contribution is -2.47. The molecule has 0 bridgehead atoms. The number of hydrogen-bond acceptors (Lipinski definition) is 6. The maximum Gasteiger partial charge on any atom is 0.332 e. The van der Waals surface area contributed by atoms with Crippen LogP contribution >= 0.6 is 24.8 Å². The third kappa shape index (κ3) is 4.98. The summed E-state index contributed by atoms with van der Waals surface area (Å²) in [5, 5.41) is 6.55. The van der Waals surface area contributed by atoms with Crippen LogP contribution in [-0.4, -0.2) is 53.4 Å². The second-order valence-electron chi connectivity index (χ2n) is 7.14. The highest BCUT2D eigenvalue weighted by Crippen LogP contribution is 2.28. The van der Waals surface area contributed by atoms with Gasteiger partial charge in [0.1, 0.15) is 11.3 Å². The van der Waals surface area contributed by atoms with Crippen LogP contribution in [0.1, 0.15) is 23.3 Å². The summed E-state index contributed by atoms with van der Waals surface area (Å²) in [6.45, 7) is 2.83. The molecule has 162 valence electrons. The van der Waals surface area contributed by atoms with Gasteiger partial charge in [-0.3, -0.25) is 18.7 Å². The van der Waals surface area contributed by atoms with Gasteiger partial charge in [0.2, 0.25) is 0 Å². The number of nitrogens with zero attached hydrogens (tertiary/aromatic N) is 3. The van der Waals surface area contributed by atoms with Crippen LogP contribution in [0.4, 0.5) is 0 Å².